The first kappa shape index (κ1) is 25.6. The number of nitrogens with one attached hydrogen (secondary N) is 1. The number of hydrogen-bond donors (Lipinski definition) is 2. The van der Waals surface area contributed by atoms with Crippen molar-refractivity contribution in [2.75, 3.05) is 20.3 Å². The Balaban J connectivity index is 1.67. The number of ketones is 1. The number of halogens is 1. The van der Waals surface area contributed by atoms with Gasteiger partial charge in [0.05, 0.1) is 17.7 Å². The van der Waals surface area contributed by atoms with E-state index in [1.807, 2.05) is 44.2 Å². The van der Waals surface area contributed by atoms with Crippen LogP contribution >= 0.6 is 11.6 Å². The number of hydrogen-bond acceptors (Lipinski definition) is 7. The summed E-state index contributed by atoms with van der Waals surface area (Å²) in [4.78, 5) is 26.8. The monoisotopic (exact) mass is 511 g/mol. The average molecular weight is 512 g/mol. The predicted molar refractivity (Wildman–Crippen MR) is 136 cm³/mol. The largest absolute Gasteiger partial charge is 0.503 e. The van der Waals surface area contributed by atoms with Gasteiger partial charge in [0, 0.05) is 29.3 Å². The molecule has 36 heavy (non-hydrogen) atoms. The number of carbonyl (C=O) groups excluding carboxylic acids is 2. The van der Waals surface area contributed by atoms with Crippen LogP contribution in [0.2, 0.25) is 5.02 Å². The van der Waals surface area contributed by atoms with Crippen LogP contribution in [0.25, 0.3) is 0 Å². The number of esters is 1. The van der Waals surface area contributed by atoms with E-state index in [4.69, 9.17) is 25.8 Å². The lowest BCUT2D eigenvalue weighted by Gasteiger charge is -2.39. The van der Waals surface area contributed by atoms with E-state index in [0.29, 0.717) is 41.0 Å². The smallest absolute Gasteiger partial charge is 0.336 e. The maximum Gasteiger partial charge on any atom is 0.336 e. The maximum absolute atomic E-state index is 13.4. The van der Waals surface area contributed by atoms with Crippen LogP contribution in [-0.2, 0) is 14.3 Å². The van der Waals surface area contributed by atoms with E-state index in [9.17, 15) is 14.7 Å². The number of ether oxygens (including phenoxy) is 3. The number of methoxy groups -OCH3 is 1. The zero-order valence-corrected chi connectivity index (χ0v) is 21.6. The maximum atomic E-state index is 13.4. The Morgan fingerprint density at radius 2 is 1.89 bits per heavy atom. The number of allylic oxidation sites excluding steroid dienone is 3. The second-order valence-electron chi connectivity index (χ2n) is 9.78. The van der Waals surface area contributed by atoms with Gasteiger partial charge >= 0.3 is 5.97 Å². The Bertz CT molecular complexity index is 1250. The number of carbonyl (C=O) groups is 2. The molecule has 8 heteroatoms. The molecule has 0 saturated carbocycles. The molecule has 4 rings (SSSR count). The first-order valence-electron chi connectivity index (χ1n) is 11.8. The van der Waals surface area contributed by atoms with Gasteiger partial charge in [-0.1, -0.05) is 43.6 Å². The summed E-state index contributed by atoms with van der Waals surface area (Å²) >= 11 is 6.30. The molecule has 1 heterocycles. The van der Waals surface area contributed by atoms with Crippen LogP contribution in [0.4, 0.5) is 0 Å². The molecule has 2 aromatic carbocycles. The van der Waals surface area contributed by atoms with Crippen LogP contribution < -0.4 is 14.8 Å². The molecule has 0 fully saturated rings. The normalized spacial score (nSPS) is 18.9. The SMILES string of the molecule is COc1cc(C2C(C(=O)OCCOc3ccccc3)=C(C)NC3=C2C(=O)CC(C)(C)C3)cc(Cl)c1O. The fraction of sp³-hybridized carbons (Fsp3) is 0.357. The molecule has 1 aliphatic carbocycles. The van der Waals surface area contributed by atoms with E-state index in [2.05, 4.69) is 5.32 Å². The Labute approximate surface area is 215 Å². The molecule has 190 valence electrons. The van der Waals surface area contributed by atoms with Gasteiger partial charge in [-0.25, -0.2) is 4.79 Å². The molecule has 0 amide bonds. The zero-order chi connectivity index (χ0) is 26.0. The quantitative estimate of drug-likeness (QED) is 0.386. The summed E-state index contributed by atoms with van der Waals surface area (Å²) < 4.78 is 16.5. The first-order valence-corrected chi connectivity index (χ1v) is 12.1. The molecule has 1 unspecified atom stereocenters. The molecule has 7 nitrogen and oxygen atoms in total. The van der Waals surface area contributed by atoms with Gasteiger partial charge < -0.3 is 24.6 Å². The highest BCUT2D eigenvalue weighted by atomic mass is 35.5. The lowest BCUT2D eigenvalue weighted by molar-refractivity contribution is -0.140. The molecular formula is C28H30ClNO6. The third-order valence-corrected chi connectivity index (χ3v) is 6.68. The van der Waals surface area contributed by atoms with Gasteiger partial charge in [-0.15, -0.1) is 0 Å². The van der Waals surface area contributed by atoms with Crippen LogP contribution in [0.15, 0.2) is 65.0 Å². The molecule has 0 aromatic heterocycles. The van der Waals surface area contributed by atoms with Gasteiger partial charge in [0.2, 0.25) is 0 Å². The van der Waals surface area contributed by atoms with Gasteiger partial charge in [-0.05, 0) is 48.6 Å². The Morgan fingerprint density at radius 1 is 1.17 bits per heavy atom. The molecule has 0 radical (unpaired) electrons. The minimum Gasteiger partial charge on any atom is -0.503 e. The third kappa shape index (κ3) is 5.21. The van der Waals surface area contributed by atoms with Gasteiger partial charge in [-0.3, -0.25) is 4.79 Å². The van der Waals surface area contributed by atoms with Crippen molar-refractivity contribution in [2.24, 2.45) is 5.41 Å². The van der Waals surface area contributed by atoms with Gasteiger partial charge in [0.1, 0.15) is 19.0 Å². The fourth-order valence-electron chi connectivity index (χ4n) is 4.84. The molecule has 2 N–H and O–H groups in total. The number of phenolic OH excluding ortho intramolecular Hbond substituents is 1. The van der Waals surface area contributed by atoms with Gasteiger partial charge in [-0.2, -0.15) is 0 Å². The van der Waals surface area contributed by atoms with Crippen molar-refractivity contribution in [3.63, 3.8) is 0 Å². The van der Waals surface area contributed by atoms with Crippen molar-refractivity contribution in [3.05, 3.63) is 75.6 Å². The van der Waals surface area contributed by atoms with Crippen LogP contribution in [0.5, 0.6) is 17.2 Å². The van der Waals surface area contributed by atoms with Crippen LogP contribution in [0.1, 0.15) is 45.1 Å². The second-order valence-corrected chi connectivity index (χ2v) is 10.2. The Hall–Kier alpha value is -3.45. The van der Waals surface area contributed by atoms with Crippen molar-refractivity contribution in [1.29, 1.82) is 0 Å². The van der Waals surface area contributed by atoms with Crippen LogP contribution in [-0.4, -0.2) is 37.2 Å². The van der Waals surface area contributed by atoms with Crippen molar-refractivity contribution in [2.45, 2.75) is 39.5 Å². The topological polar surface area (TPSA) is 94.1 Å². The molecule has 0 saturated heterocycles. The first-order chi connectivity index (χ1) is 17.1. The van der Waals surface area contributed by atoms with Crippen LogP contribution in [0.3, 0.4) is 0 Å². The highest BCUT2D eigenvalue weighted by Crippen LogP contribution is 2.48. The highest BCUT2D eigenvalue weighted by molar-refractivity contribution is 6.32. The second kappa shape index (κ2) is 10.3. The zero-order valence-electron chi connectivity index (χ0n) is 20.8. The number of Topliss-reactive ketones (excluding diaryl/α,β-unsaturated/α-hetero) is 1. The molecule has 1 atom stereocenters. The number of dihydropyridines is 1. The van der Waals surface area contributed by atoms with Crippen molar-refractivity contribution in [3.8, 4) is 17.2 Å². The molecule has 2 aliphatic rings. The minimum absolute atomic E-state index is 0.0315. The van der Waals surface area contributed by atoms with Crippen molar-refractivity contribution < 1.29 is 28.9 Å². The van der Waals surface area contributed by atoms with E-state index < -0.39 is 11.9 Å². The summed E-state index contributed by atoms with van der Waals surface area (Å²) in [5, 5.41) is 13.6. The van der Waals surface area contributed by atoms with Crippen LogP contribution in [0, 0.1) is 5.41 Å². The summed E-state index contributed by atoms with van der Waals surface area (Å²) in [5.74, 6) is -0.703. The summed E-state index contributed by atoms with van der Waals surface area (Å²) in [6.45, 7) is 6.09. The van der Waals surface area contributed by atoms with Crippen molar-refractivity contribution >= 4 is 23.4 Å². The van der Waals surface area contributed by atoms with E-state index in [1.54, 1.807) is 19.1 Å². The average Bonchev–Trinajstić information content (AvgIpc) is 2.82. The number of rotatable bonds is 7. The Morgan fingerprint density at radius 3 is 2.58 bits per heavy atom. The summed E-state index contributed by atoms with van der Waals surface area (Å²) in [6.07, 6.45) is 0.997. The lowest BCUT2D eigenvalue weighted by atomic mass is 9.68. The molecule has 0 spiro atoms. The number of benzene rings is 2. The van der Waals surface area contributed by atoms with E-state index >= 15 is 0 Å². The number of aromatic hydroxyl groups is 1. The van der Waals surface area contributed by atoms with E-state index in [1.165, 1.54) is 7.11 Å². The standard InChI is InChI=1S/C28H30ClNO6/c1-16-23(27(33)36-11-10-35-18-8-6-5-7-9-18)24(17-12-19(29)26(32)22(13-17)34-4)25-20(30-16)14-28(2,3)15-21(25)31/h5-9,12-13,24,30,32H,10-11,14-15H2,1-4H3. The fourth-order valence-corrected chi connectivity index (χ4v) is 5.06. The van der Waals surface area contributed by atoms with E-state index in [-0.39, 0.29) is 40.9 Å². The Kier molecular flexibility index (Phi) is 7.31. The summed E-state index contributed by atoms with van der Waals surface area (Å²) in [6, 6.07) is 12.4. The lowest BCUT2D eigenvalue weighted by Crippen LogP contribution is -2.38. The number of phenols is 1. The highest BCUT2D eigenvalue weighted by Gasteiger charge is 2.43. The molecule has 0 bridgehead atoms. The summed E-state index contributed by atoms with van der Waals surface area (Å²) in [7, 11) is 1.42. The minimum atomic E-state index is -0.723. The van der Waals surface area contributed by atoms with Gasteiger partial charge in [0.15, 0.2) is 17.3 Å². The molecule has 1 aliphatic heterocycles. The number of para-hydroxylation sites is 1. The molecular weight excluding hydrogens is 482 g/mol. The van der Waals surface area contributed by atoms with Crippen molar-refractivity contribution in [1.82, 2.24) is 5.32 Å². The molecule has 2 aromatic rings. The predicted octanol–water partition coefficient (Wildman–Crippen LogP) is 5.28. The summed E-state index contributed by atoms with van der Waals surface area (Å²) in [5.41, 5.74) is 2.54. The van der Waals surface area contributed by atoms with Gasteiger partial charge in [0.25, 0.3) is 0 Å². The third-order valence-electron chi connectivity index (χ3n) is 6.39. The van der Waals surface area contributed by atoms with E-state index in [0.717, 1.165) is 5.70 Å².